The molecule has 2 N–H and O–H groups in total. The minimum atomic E-state index is -0.443. The maximum atomic E-state index is 14.4. The Balaban J connectivity index is 1.49. The summed E-state index contributed by atoms with van der Waals surface area (Å²) in [5.74, 6) is 1.13. The SMILES string of the molecule is CCNC(=NCc1ccc(Oc2cccnc2)c(F)c1)NCCCN1CCCCCC1=O. The predicted octanol–water partition coefficient (Wildman–Crippen LogP) is 3.86. The van der Waals surface area contributed by atoms with Crippen LogP contribution >= 0.6 is 0 Å². The topological polar surface area (TPSA) is 78.9 Å². The summed E-state index contributed by atoms with van der Waals surface area (Å²) >= 11 is 0. The largest absolute Gasteiger partial charge is 0.453 e. The Labute approximate surface area is 189 Å². The number of amides is 1. The standard InChI is InChI=1S/C24H32FN5O2/c1-2-27-24(28-13-7-15-30-14-5-3-4-9-23(30)31)29-17-19-10-11-22(21(25)16-19)32-20-8-6-12-26-18-20/h6,8,10-12,16,18H,2-5,7,9,13-15,17H2,1H3,(H2,27,28,29). The number of guanidine groups is 1. The molecular weight excluding hydrogens is 409 g/mol. The van der Waals surface area contributed by atoms with Crippen molar-refractivity contribution in [2.75, 3.05) is 26.2 Å². The summed E-state index contributed by atoms with van der Waals surface area (Å²) in [6.45, 7) is 5.39. The first kappa shape index (κ1) is 23.5. The summed E-state index contributed by atoms with van der Waals surface area (Å²) < 4.78 is 20.0. The van der Waals surface area contributed by atoms with E-state index >= 15 is 0 Å². The van der Waals surface area contributed by atoms with Crippen molar-refractivity contribution in [1.29, 1.82) is 0 Å². The number of halogens is 1. The lowest BCUT2D eigenvalue weighted by atomic mass is 10.2. The van der Waals surface area contributed by atoms with Gasteiger partial charge in [-0.1, -0.05) is 12.5 Å². The quantitative estimate of drug-likeness (QED) is 0.351. The zero-order valence-electron chi connectivity index (χ0n) is 18.6. The molecule has 2 heterocycles. The van der Waals surface area contributed by atoms with Crippen LogP contribution in [0.1, 0.15) is 44.6 Å². The van der Waals surface area contributed by atoms with Gasteiger partial charge in [0.25, 0.3) is 0 Å². The average Bonchev–Trinajstić information content (AvgIpc) is 3.01. The first-order valence-corrected chi connectivity index (χ1v) is 11.3. The average molecular weight is 442 g/mol. The zero-order valence-corrected chi connectivity index (χ0v) is 18.6. The fourth-order valence-electron chi connectivity index (χ4n) is 3.52. The maximum Gasteiger partial charge on any atom is 0.222 e. The second-order valence-corrected chi connectivity index (χ2v) is 7.72. The number of aromatic nitrogens is 1. The number of likely N-dealkylation sites (tertiary alicyclic amines) is 1. The molecule has 32 heavy (non-hydrogen) atoms. The molecule has 1 aromatic carbocycles. The number of aliphatic imine (C=N–C) groups is 1. The van der Waals surface area contributed by atoms with Crippen molar-refractivity contribution in [1.82, 2.24) is 20.5 Å². The number of rotatable bonds is 9. The number of nitrogens with one attached hydrogen (secondary N) is 2. The number of benzene rings is 1. The molecule has 0 unspecified atom stereocenters. The monoisotopic (exact) mass is 441 g/mol. The molecule has 0 spiro atoms. The molecule has 0 aliphatic carbocycles. The lowest BCUT2D eigenvalue weighted by Crippen LogP contribution is -2.39. The van der Waals surface area contributed by atoms with Crippen LogP contribution in [-0.2, 0) is 11.3 Å². The maximum absolute atomic E-state index is 14.4. The Morgan fingerprint density at radius 3 is 2.94 bits per heavy atom. The van der Waals surface area contributed by atoms with Crippen LogP contribution in [0.4, 0.5) is 4.39 Å². The smallest absolute Gasteiger partial charge is 0.222 e. The van der Waals surface area contributed by atoms with E-state index in [2.05, 4.69) is 20.6 Å². The van der Waals surface area contributed by atoms with Gasteiger partial charge in [0.1, 0.15) is 5.75 Å². The van der Waals surface area contributed by atoms with Crippen molar-refractivity contribution in [3.8, 4) is 11.5 Å². The highest BCUT2D eigenvalue weighted by Crippen LogP contribution is 2.24. The normalized spacial score (nSPS) is 14.8. The van der Waals surface area contributed by atoms with E-state index in [9.17, 15) is 9.18 Å². The lowest BCUT2D eigenvalue weighted by molar-refractivity contribution is -0.130. The van der Waals surface area contributed by atoms with Crippen LogP contribution in [0.25, 0.3) is 0 Å². The molecule has 0 radical (unpaired) electrons. The molecule has 1 saturated heterocycles. The number of carbonyl (C=O) groups is 1. The van der Waals surface area contributed by atoms with Crippen LogP contribution < -0.4 is 15.4 Å². The molecule has 1 aliphatic rings. The second-order valence-electron chi connectivity index (χ2n) is 7.72. The summed E-state index contributed by atoms with van der Waals surface area (Å²) in [5, 5.41) is 6.50. The molecule has 8 heteroatoms. The number of pyridine rings is 1. The van der Waals surface area contributed by atoms with E-state index in [-0.39, 0.29) is 11.7 Å². The van der Waals surface area contributed by atoms with Gasteiger partial charge in [0.05, 0.1) is 12.7 Å². The highest BCUT2D eigenvalue weighted by Gasteiger charge is 2.15. The van der Waals surface area contributed by atoms with Gasteiger partial charge in [-0.25, -0.2) is 9.38 Å². The van der Waals surface area contributed by atoms with Crippen LogP contribution in [0.2, 0.25) is 0 Å². The molecule has 1 aromatic heterocycles. The predicted molar refractivity (Wildman–Crippen MR) is 123 cm³/mol. The van der Waals surface area contributed by atoms with E-state index in [1.54, 1.807) is 30.5 Å². The number of nitrogens with zero attached hydrogens (tertiary/aromatic N) is 3. The number of ether oxygens (including phenoxy) is 1. The summed E-state index contributed by atoms with van der Waals surface area (Å²) in [5.41, 5.74) is 0.744. The second kappa shape index (κ2) is 12.6. The summed E-state index contributed by atoms with van der Waals surface area (Å²) in [6, 6.07) is 8.29. The van der Waals surface area contributed by atoms with E-state index < -0.39 is 5.82 Å². The molecule has 3 rings (SSSR count). The number of hydrogen-bond donors (Lipinski definition) is 2. The van der Waals surface area contributed by atoms with Crippen LogP contribution in [-0.4, -0.2) is 47.9 Å². The van der Waals surface area contributed by atoms with Gasteiger partial charge in [-0.15, -0.1) is 0 Å². The van der Waals surface area contributed by atoms with Gasteiger partial charge in [0.2, 0.25) is 5.91 Å². The fraction of sp³-hybridized carbons (Fsp3) is 0.458. The van der Waals surface area contributed by atoms with Crippen molar-refractivity contribution in [3.63, 3.8) is 0 Å². The van der Waals surface area contributed by atoms with Gasteiger partial charge < -0.3 is 20.3 Å². The molecule has 1 fully saturated rings. The third-order valence-corrected chi connectivity index (χ3v) is 5.19. The Hall–Kier alpha value is -3.16. The summed E-state index contributed by atoms with van der Waals surface area (Å²) in [7, 11) is 0. The minimum Gasteiger partial charge on any atom is -0.453 e. The Morgan fingerprint density at radius 1 is 1.25 bits per heavy atom. The third-order valence-electron chi connectivity index (χ3n) is 5.19. The fourth-order valence-corrected chi connectivity index (χ4v) is 3.52. The van der Waals surface area contributed by atoms with Crippen LogP contribution in [0.3, 0.4) is 0 Å². The summed E-state index contributed by atoms with van der Waals surface area (Å²) in [4.78, 5) is 22.6. The van der Waals surface area contributed by atoms with Crippen molar-refractivity contribution in [2.24, 2.45) is 4.99 Å². The number of hydrogen-bond acceptors (Lipinski definition) is 4. The van der Waals surface area contributed by atoms with Crippen molar-refractivity contribution in [2.45, 2.75) is 45.6 Å². The van der Waals surface area contributed by atoms with E-state index in [0.717, 1.165) is 50.9 Å². The Kier molecular flexibility index (Phi) is 9.28. The first-order chi connectivity index (χ1) is 15.7. The van der Waals surface area contributed by atoms with Gasteiger partial charge in [0.15, 0.2) is 17.5 Å². The third kappa shape index (κ3) is 7.51. The first-order valence-electron chi connectivity index (χ1n) is 11.3. The highest BCUT2D eigenvalue weighted by molar-refractivity contribution is 5.79. The van der Waals surface area contributed by atoms with Crippen LogP contribution in [0.5, 0.6) is 11.5 Å². The molecule has 7 nitrogen and oxygen atoms in total. The van der Waals surface area contributed by atoms with E-state index in [0.29, 0.717) is 31.2 Å². The Morgan fingerprint density at radius 2 is 2.16 bits per heavy atom. The van der Waals surface area contributed by atoms with Crippen molar-refractivity contribution >= 4 is 11.9 Å². The molecule has 0 saturated carbocycles. The molecule has 1 aliphatic heterocycles. The van der Waals surface area contributed by atoms with Gasteiger partial charge in [-0.2, -0.15) is 0 Å². The van der Waals surface area contributed by atoms with E-state index in [1.165, 1.54) is 12.3 Å². The van der Waals surface area contributed by atoms with E-state index in [4.69, 9.17) is 4.74 Å². The molecule has 0 bridgehead atoms. The minimum absolute atomic E-state index is 0.152. The number of carbonyl (C=O) groups excluding carboxylic acids is 1. The van der Waals surface area contributed by atoms with Gasteiger partial charge in [-0.3, -0.25) is 9.78 Å². The van der Waals surface area contributed by atoms with E-state index in [1.807, 2.05) is 11.8 Å². The molecule has 172 valence electrons. The van der Waals surface area contributed by atoms with Crippen molar-refractivity contribution in [3.05, 3.63) is 54.1 Å². The molecule has 1 amide bonds. The molecular formula is C24H32FN5O2. The Bertz CT molecular complexity index is 891. The van der Waals surface area contributed by atoms with Gasteiger partial charge in [-0.05, 0) is 56.0 Å². The van der Waals surface area contributed by atoms with Crippen molar-refractivity contribution < 1.29 is 13.9 Å². The van der Waals surface area contributed by atoms with Crippen LogP contribution in [0, 0.1) is 5.82 Å². The molecule has 2 aromatic rings. The molecule has 0 atom stereocenters. The highest BCUT2D eigenvalue weighted by atomic mass is 19.1. The summed E-state index contributed by atoms with van der Waals surface area (Å²) in [6.07, 6.45) is 7.91. The van der Waals surface area contributed by atoms with Gasteiger partial charge >= 0.3 is 0 Å². The lowest BCUT2D eigenvalue weighted by Gasteiger charge is -2.20. The van der Waals surface area contributed by atoms with Crippen LogP contribution in [0.15, 0.2) is 47.7 Å². The zero-order chi connectivity index (χ0) is 22.6. The van der Waals surface area contributed by atoms with Gasteiger partial charge in [0, 0.05) is 38.8 Å².